The number of morpholine rings is 1. The first-order chi connectivity index (χ1) is 13.4. The van der Waals surface area contributed by atoms with Crippen molar-refractivity contribution in [2.24, 2.45) is 7.05 Å². The zero-order valence-electron chi connectivity index (χ0n) is 15.3. The Morgan fingerprint density at radius 1 is 1.21 bits per heavy atom. The lowest BCUT2D eigenvalue weighted by Gasteiger charge is -2.33. The van der Waals surface area contributed by atoms with E-state index in [2.05, 4.69) is 16.0 Å². The fourth-order valence-electron chi connectivity index (χ4n) is 3.49. The number of halogens is 3. The highest BCUT2D eigenvalue weighted by Crippen LogP contribution is 2.37. The van der Waals surface area contributed by atoms with Gasteiger partial charge in [-0.3, -0.25) is 4.90 Å². The van der Waals surface area contributed by atoms with Crippen molar-refractivity contribution in [3.8, 4) is 0 Å². The minimum absolute atomic E-state index is 0.0687. The number of nitrogens with zero attached hydrogens (tertiary/aromatic N) is 3. The lowest BCUT2D eigenvalue weighted by Crippen LogP contribution is -2.37. The maximum absolute atomic E-state index is 12.6. The first kappa shape index (κ1) is 19.3. The first-order valence-corrected chi connectivity index (χ1v) is 9.79. The summed E-state index contributed by atoms with van der Waals surface area (Å²) in [5, 5.41) is 0. The van der Waals surface area contributed by atoms with Gasteiger partial charge in [-0.15, -0.1) is 0 Å². The van der Waals surface area contributed by atoms with E-state index < -0.39 is 5.51 Å². The van der Waals surface area contributed by atoms with Crippen LogP contribution in [-0.4, -0.2) is 39.7 Å². The molecule has 0 amide bonds. The van der Waals surface area contributed by atoms with E-state index in [-0.39, 0.29) is 22.8 Å². The fourth-order valence-corrected chi connectivity index (χ4v) is 4.11. The zero-order valence-corrected chi connectivity index (χ0v) is 16.1. The van der Waals surface area contributed by atoms with Crippen molar-refractivity contribution < 1.29 is 17.9 Å². The van der Waals surface area contributed by atoms with Crippen molar-refractivity contribution in [2.45, 2.75) is 23.1 Å². The number of benzene rings is 2. The fraction of sp³-hybridized carbons (Fsp3) is 0.350. The van der Waals surface area contributed by atoms with Gasteiger partial charge in [0.2, 0.25) is 0 Å². The van der Waals surface area contributed by atoms with Gasteiger partial charge in [0.25, 0.3) is 0 Å². The molecule has 1 saturated heterocycles. The SMILES string of the molecule is Cn1cnc2ccc(C3CN(Cc4cccc(SC(F)(F)F)c4)CCO3)cc21. The topological polar surface area (TPSA) is 30.3 Å². The number of imidazole rings is 1. The number of thioether (sulfide) groups is 1. The average Bonchev–Trinajstić information content (AvgIpc) is 3.01. The van der Waals surface area contributed by atoms with E-state index in [1.165, 1.54) is 6.07 Å². The molecular formula is C20H20F3N3OS. The molecule has 1 aliphatic rings. The van der Waals surface area contributed by atoms with E-state index in [0.717, 1.165) is 28.7 Å². The summed E-state index contributed by atoms with van der Waals surface area (Å²) in [4.78, 5) is 6.78. The molecule has 1 aliphatic heterocycles. The van der Waals surface area contributed by atoms with E-state index in [4.69, 9.17) is 4.74 Å². The Bertz CT molecular complexity index is 973. The van der Waals surface area contributed by atoms with Crippen LogP contribution >= 0.6 is 11.8 Å². The number of hydrogen-bond donors (Lipinski definition) is 0. The van der Waals surface area contributed by atoms with Gasteiger partial charge < -0.3 is 9.30 Å². The highest BCUT2D eigenvalue weighted by Gasteiger charge is 2.29. The molecule has 0 radical (unpaired) electrons. The molecule has 8 heteroatoms. The molecule has 0 spiro atoms. The second-order valence-corrected chi connectivity index (χ2v) is 8.03. The second kappa shape index (κ2) is 7.77. The summed E-state index contributed by atoms with van der Waals surface area (Å²) in [6.07, 6.45) is 1.72. The van der Waals surface area contributed by atoms with E-state index in [9.17, 15) is 13.2 Å². The molecule has 0 aliphatic carbocycles. The van der Waals surface area contributed by atoms with Crippen molar-refractivity contribution in [2.75, 3.05) is 19.7 Å². The molecule has 4 nitrogen and oxygen atoms in total. The minimum atomic E-state index is -4.27. The average molecular weight is 407 g/mol. The maximum atomic E-state index is 12.6. The van der Waals surface area contributed by atoms with E-state index >= 15 is 0 Å². The van der Waals surface area contributed by atoms with Crippen molar-refractivity contribution in [3.05, 3.63) is 59.9 Å². The summed E-state index contributed by atoms with van der Waals surface area (Å²) in [7, 11) is 1.96. The molecule has 0 saturated carbocycles. The van der Waals surface area contributed by atoms with E-state index in [1.54, 1.807) is 18.5 Å². The first-order valence-electron chi connectivity index (χ1n) is 8.97. The molecule has 3 aromatic rings. The smallest absolute Gasteiger partial charge is 0.371 e. The molecule has 1 aromatic heterocycles. The third-order valence-corrected chi connectivity index (χ3v) is 5.53. The number of fused-ring (bicyclic) bond motifs is 1. The van der Waals surface area contributed by atoms with Crippen molar-refractivity contribution in [1.29, 1.82) is 0 Å². The van der Waals surface area contributed by atoms with Gasteiger partial charge in [0.05, 0.1) is 30.1 Å². The van der Waals surface area contributed by atoms with Gasteiger partial charge in [-0.25, -0.2) is 4.98 Å². The van der Waals surface area contributed by atoms with Gasteiger partial charge in [0.1, 0.15) is 0 Å². The van der Waals surface area contributed by atoms with Gasteiger partial charge in [0.15, 0.2) is 0 Å². The molecular weight excluding hydrogens is 387 g/mol. The number of alkyl halides is 3. The van der Waals surface area contributed by atoms with Crippen LogP contribution in [0, 0.1) is 0 Å². The standard InChI is InChI=1S/C20H20F3N3OS/c1-25-13-24-17-6-5-15(10-18(17)25)19-12-26(7-8-27-19)11-14-3-2-4-16(9-14)28-20(21,22)23/h2-6,9-10,13,19H,7-8,11-12H2,1H3. The van der Waals surface area contributed by atoms with Crippen LogP contribution in [0.25, 0.3) is 11.0 Å². The summed E-state index contributed by atoms with van der Waals surface area (Å²) >= 11 is -0.0738. The van der Waals surface area contributed by atoms with Crippen LogP contribution < -0.4 is 0 Å². The quantitative estimate of drug-likeness (QED) is 0.584. The Labute approximate surface area is 165 Å². The molecule has 2 aromatic carbocycles. The van der Waals surface area contributed by atoms with Crippen molar-refractivity contribution in [3.63, 3.8) is 0 Å². The molecule has 4 rings (SSSR count). The van der Waals surface area contributed by atoms with Gasteiger partial charge in [0, 0.05) is 31.6 Å². The van der Waals surface area contributed by atoms with E-state index in [1.807, 2.05) is 29.8 Å². The predicted octanol–water partition coefficient (Wildman–Crippen LogP) is 4.76. The summed E-state index contributed by atoms with van der Waals surface area (Å²) < 4.78 is 45.8. The van der Waals surface area contributed by atoms with Crippen LogP contribution in [-0.2, 0) is 18.3 Å². The van der Waals surface area contributed by atoms with Crippen LogP contribution in [0.3, 0.4) is 0 Å². The van der Waals surface area contributed by atoms with Gasteiger partial charge in [-0.2, -0.15) is 13.2 Å². The summed E-state index contributed by atoms with van der Waals surface area (Å²) in [5.74, 6) is 0. The Morgan fingerprint density at radius 2 is 2.07 bits per heavy atom. The number of aromatic nitrogens is 2. The maximum Gasteiger partial charge on any atom is 0.446 e. The largest absolute Gasteiger partial charge is 0.446 e. The van der Waals surface area contributed by atoms with Crippen LogP contribution in [0.4, 0.5) is 13.2 Å². The zero-order chi connectivity index (χ0) is 19.7. The Hall–Kier alpha value is -2.03. The monoisotopic (exact) mass is 407 g/mol. The summed E-state index contributed by atoms with van der Waals surface area (Å²) in [6, 6.07) is 12.8. The third kappa shape index (κ3) is 4.51. The molecule has 148 valence electrons. The molecule has 0 bridgehead atoms. The lowest BCUT2D eigenvalue weighted by molar-refractivity contribution is -0.0329. The molecule has 1 atom stereocenters. The Balaban J connectivity index is 1.46. The van der Waals surface area contributed by atoms with Crippen LogP contribution in [0.2, 0.25) is 0 Å². The molecule has 2 heterocycles. The van der Waals surface area contributed by atoms with Crippen LogP contribution in [0.1, 0.15) is 17.2 Å². The number of hydrogen-bond acceptors (Lipinski definition) is 4. The highest BCUT2D eigenvalue weighted by atomic mass is 32.2. The van der Waals surface area contributed by atoms with Gasteiger partial charge in [-0.1, -0.05) is 18.2 Å². The van der Waals surface area contributed by atoms with Crippen molar-refractivity contribution >= 4 is 22.8 Å². The molecule has 1 fully saturated rings. The number of rotatable bonds is 4. The van der Waals surface area contributed by atoms with Crippen molar-refractivity contribution in [1.82, 2.24) is 14.5 Å². The Kier molecular flexibility index (Phi) is 5.35. The summed E-state index contributed by atoms with van der Waals surface area (Å²) in [6.45, 7) is 2.63. The van der Waals surface area contributed by atoms with E-state index in [0.29, 0.717) is 19.7 Å². The molecule has 0 N–H and O–H groups in total. The number of ether oxygens (including phenoxy) is 1. The third-order valence-electron chi connectivity index (χ3n) is 4.81. The van der Waals surface area contributed by atoms with Gasteiger partial charge in [-0.05, 0) is 47.2 Å². The summed E-state index contributed by atoms with van der Waals surface area (Å²) in [5.41, 5.74) is -0.320. The molecule has 1 unspecified atom stereocenters. The molecule has 28 heavy (non-hydrogen) atoms. The van der Waals surface area contributed by atoms with Gasteiger partial charge >= 0.3 is 5.51 Å². The second-order valence-electron chi connectivity index (χ2n) is 6.89. The predicted molar refractivity (Wildman–Crippen MR) is 103 cm³/mol. The highest BCUT2D eigenvalue weighted by molar-refractivity contribution is 8.00. The number of aryl methyl sites for hydroxylation is 1. The Morgan fingerprint density at radius 3 is 2.89 bits per heavy atom. The van der Waals surface area contributed by atoms with Crippen LogP contribution in [0.15, 0.2) is 53.7 Å². The van der Waals surface area contributed by atoms with Crippen LogP contribution in [0.5, 0.6) is 0 Å². The normalized spacial score (nSPS) is 18.6. The minimum Gasteiger partial charge on any atom is -0.371 e. The lowest BCUT2D eigenvalue weighted by atomic mass is 10.1.